The molecule has 4 nitrogen and oxygen atoms in total. The molecule has 2 aliphatic heterocycles. The summed E-state index contributed by atoms with van der Waals surface area (Å²) in [6.07, 6.45) is 5.83. The van der Waals surface area contributed by atoms with Crippen molar-refractivity contribution in [2.45, 2.75) is 50.6 Å². The summed E-state index contributed by atoms with van der Waals surface area (Å²) in [6, 6.07) is 0.674. The van der Waals surface area contributed by atoms with Gasteiger partial charge in [-0.25, -0.2) is 8.42 Å². The lowest BCUT2D eigenvalue weighted by Crippen LogP contribution is -2.46. The Morgan fingerprint density at radius 2 is 2.17 bits per heavy atom. The molecule has 2 fully saturated rings. The average Bonchev–Trinajstić information content (AvgIpc) is 2.56. The standard InChI is InChI=1S/C13H26N2O2S/c1-13(7-10-18(16,17)11-13)14-8-6-12-5-3-4-9-15(12)2/h12,14H,3-11H2,1-2H3. The summed E-state index contributed by atoms with van der Waals surface area (Å²) in [6.45, 7) is 4.18. The molecule has 0 aromatic heterocycles. The van der Waals surface area contributed by atoms with Gasteiger partial charge in [0.25, 0.3) is 0 Å². The topological polar surface area (TPSA) is 49.4 Å². The summed E-state index contributed by atoms with van der Waals surface area (Å²) >= 11 is 0. The first kappa shape index (κ1) is 14.3. The first-order valence-electron chi connectivity index (χ1n) is 7.06. The van der Waals surface area contributed by atoms with E-state index in [-0.39, 0.29) is 5.54 Å². The van der Waals surface area contributed by atoms with Crippen molar-refractivity contribution in [3.05, 3.63) is 0 Å². The van der Waals surface area contributed by atoms with Crippen LogP contribution in [0.4, 0.5) is 0 Å². The molecule has 0 aliphatic carbocycles. The number of sulfone groups is 1. The molecule has 0 bridgehead atoms. The van der Waals surface area contributed by atoms with Crippen LogP contribution >= 0.6 is 0 Å². The Morgan fingerprint density at radius 3 is 2.78 bits per heavy atom. The predicted octanol–water partition coefficient (Wildman–Crippen LogP) is 1.03. The molecular weight excluding hydrogens is 248 g/mol. The molecule has 2 atom stereocenters. The summed E-state index contributed by atoms with van der Waals surface area (Å²) in [7, 11) is -0.593. The largest absolute Gasteiger partial charge is 0.310 e. The van der Waals surface area contributed by atoms with Gasteiger partial charge in [0.05, 0.1) is 11.5 Å². The fourth-order valence-corrected chi connectivity index (χ4v) is 5.32. The Kier molecular flexibility index (Phi) is 4.34. The maximum Gasteiger partial charge on any atom is 0.152 e. The van der Waals surface area contributed by atoms with Gasteiger partial charge in [0.15, 0.2) is 9.84 Å². The molecule has 0 aromatic carbocycles. The third-order valence-electron chi connectivity index (χ3n) is 4.45. The normalized spacial score (nSPS) is 36.9. The van der Waals surface area contributed by atoms with Gasteiger partial charge in [0, 0.05) is 11.6 Å². The highest BCUT2D eigenvalue weighted by Gasteiger charge is 2.37. The van der Waals surface area contributed by atoms with Crippen LogP contribution in [0.5, 0.6) is 0 Å². The molecule has 0 spiro atoms. The Bertz CT molecular complexity index is 382. The molecule has 0 radical (unpaired) electrons. The summed E-state index contributed by atoms with van der Waals surface area (Å²) in [5.74, 6) is 0.653. The first-order valence-corrected chi connectivity index (χ1v) is 8.88. The van der Waals surface area contributed by atoms with Gasteiger partial charge in [-0.1, -0.05) is 6.42 Å². The Morgan fingerprint density at radius 1 is 1.39 bits per heavy atom. The highest BCUT2D eigenvalue weighted by molar-refractivity contribution is 7.91. The van der Waals surface area contributed by atoms with E-state index in [4.69, 9.17) is 0 Å². The van der Waals surface area contributed by atoms with Gasteiger partial charge in [-0.15, -0.1) is 0 Å². The molecule has 106 valence electrons. The van der Waals surface area contributed by atoms with Crippen LogP contribution in [0.1, 0.15) is 39.0 Å². The minimum absolute atomic E-state index is 0.188. The van der Waals surface area contributed by atoms with Gasteiger partial charge in [-0.3, -0.25) is 0 Å². The van der Waals surface area contributed by atoms with E-state index < -0.39 is 9.84 Å². The molecule has 2 saturated heterocycles. The summed E-state index contributed by atoms with van der Waals surface area (Å²) in [5, 5.41) is 3.48. The minimum Gasteiger partial charge on any atom is -0.310 e. The molecule has 2 heterocycles. The molecular formula is C13H26N2O2S. The predicted molar refractivity (Wildman–Crippen MR) is 74.6 cm³/mol. The summed E-state index contributed by atoms with van der Waals surface area (Å²) in [5.41, 5.74) is -0.188. The molecule has 1 N–H and O–H groups in total. The van der Waals surface area contributed by atoms with E-state index in [9.17, 15) is 8.42 Å². The number of nitrogens with one attached hydrogen (secondary N) is 1. The van der Waals surface area contributed by atoms with Crippen LogP contribution in [0.25, 0.3) is 0 Å². The number of hydrogen-bond acceptors (Lipinski definition) is 4. The van der Waals surface area contributed by atoms with Crippen LogP contribution in [0.15, 0.2) is 0 Å². The minimum atomic E-state index is -2.79. The number of nitrogens with zero attached hydrogens (tertiary/aromatic N) is 1. The smallest absolute Gasteiger partial charge is 0.152 e. The monoisotopic (exact) mass is 274 g/mol. The van der Waals surface area contributed by atoms with E-state index in [1.165, 1.54) is 25.8 Å². The van der Waals surface area contributed by atoms with Gasteiger partial charge in [-0.2, -0.15) is 0 Å². The van der Waals surface area contributed by atoms with E-state index in [1.807, 2.05) is 6.92 Å². The maximum absolute atomic E-state index is 11.5. The third kappa shape index (κ3) is 3.68. The van der Waals surface area contributed by atoms with Crippen molar-refractivity contribution < 1.29 is 8.42 Å². The van der Waals surface area contributed by atoms with Crippen LogP contribution in [0.3, 0.4) is 0 Å². The fourth-order valence-electron chi connectivity index (χ4n) is 3.20. The van der Waals surface area contributed by atoms with Gasteiger partial charge in [0.1, 0.15) is 0 Å². The zero-order valence-electron chi connectivity index (χ0n) is 11.6. The molecule has 0 amide bonds. The Balaban J connectivity index is 1.75. The quantitative estimate of drug-likeness (QED) is 0.832. The van der Waals surface area contributed by atoms with Crippen LogP contribution < -0.4 is 5.32 Å². The maximum atomic E-state index is 11.5. The molecule has 5 heteroatoms. The fraction of sp³-hybridized carbons (Fsp3) is 1.00. The van der Waals surface area contributed by atoms with Crippen molar-refractivity contribution in [3.63, 3.8) is 0 Å². The average molecular weight is 274 g/mol. The van der Waals surface area contributed by atoms with Gasteiger partial charge >= 0.3 is 0 Å². The Hall–Kier alpha value is -0.130. The summed E-state index contributed by atoms with van der Waals surface area (Å²) < 4.78 is 23.0. The van der Waals surface area contributed by atoms with Crippen molar-refractivity contribution in [2.24, 2.45) is 0 Å². The van der Waals surface area contributed by atoms with E-state index >= 15 is 0 Å². The zero-order valence-corrected chi connectivity index (χ0v) is 12.4. The highest BCUT2D eigenvalue weighted by Crippen LogP contribution is 2.23. The van der Waals surface area contributed by atoms with Crippen LogP contribution in [0.2, 0.25) is 0 Å². The lowest BCUT2D eigenvalue weighted by Gasteiger charge is -2.33. The van der Waals surface area contributed by atoms with E-state index in [0.717, 1.165) is 19.4 Å². The van der Waals surface area contributed by atoms with Crippen molar-refractivity contribution >= 4 is 9.84 Å². The third-order valence-corrected chi connectivity index (χ3v) is 6.36. The van der Waals surface area contributed by atoms with E-state index in [0.29, 0.717) is 17.5 Å². The van der Waals surface area contributed by atoms with Crippen molar-refractivity contribution in [2.75, 3.05) is 31.6 Å². The van der Waals surface area contributed by atoms with Gasteiger partial charge in [0.2, 0.25) is 0 Å². The lowest BCUT2D eigenvalue weighted by atomic mass is 9.98. The number of piperidine rings is 1. The first-order chi connectivity index (χ1) is 8.40. The zero-order chi connectivity index (χ0) is 13.2. The molecule has 0 aromatic rings. The highest BCUT2D eigenvalue weighted by atomic mass is 32.2. The van der Waals surface area contributed by atoms with Gasteiger partial charge < -0.3 is 10.2 Å². The summed E-state index contributed by atoms with van der Waals surface area (Å²) in [4.78, 5) is 2.44. The second-order valence-electron chi connectivity index (χ2n) is 6.25. The van der Waals surface area contributed by atoms with Crippen LogP contribution in [-0.4, -0.2) is 56.5 Å². The second kappa shape index (κ2) is 5.47. The lowest BCUT2D eigenvalue weighted by molar-refractivity contribution is 0.172. The van der Waals surface area contributed by atoms with Crippen molar-refractivity contribution in [3.8, 4) is 0 Å². The van der Waals surface area contributed by atoms with Crippen LogP contribution in [0, 0.1) is 0 Å². The molecule has 2 rings (SSSR count). The second-order valence-corrected chi connectivity index (χ2v) is 8.43. The Labute approximate surface area is 111 Å². The van der Waals surface area contributed by atoms with E-state index in [2.05, 4.69) is 17.3 Å². The molecule has 2 aliphatic rings. The van der Waals surface area contributed by atoms with Crippen LogP contribution in [-0.2, 0) is 9.84 Å². The molecule has 0 saturated carbocycles. The SMILES string of the molecule is CN1CCCCC1CCNC1(C)CCS(=O)(=O)C1. The van der Waals surface area contributed by atoms with E-state index in [1.54, 1.807) is 0 Å². The van der Waals surface area contributed by atoms with Gasteiger partial charge in [-0.05, 0) is 52.7 Å². The number of hydrogen-bond donors (Lipinski definition) is 1. The number of likely N-dealkylation sites (tertiary alicyclic amines) is 1. The molecule has 18 heavy (non-hydrogen) atoms. The molecule has 2 unspecified atom stereocenters. The van der Waals surface area contributed by atoms with Crippen molar-refractivity contribution in [1.82, 2.24) is 10.2 Å². The number of rotatable bonds is 4. The van der Waals surface area contributed by atoms with Crippen molar-refractivity contribution in [1.29, 1.82) is 0 Å².